The van der Waals surface area contributed by atoms with Crippen LogP contribution in [0.5, 0.6) is 0 Å². The first-order valence-electron chi connectivity index (χ1n) is 25.4. The summed E-state index contributed by atoms with van der Waals surface area (Å²) in [6, 6.07) is -0.915. The molecular formula is C54H97N2O6P. The third-order valence-corrected chi connectivity index (χ3v) is 11.8. The Morgan fingerprint density at radius 3 is 1.41 bits per heavy atom. The van der Waals surface area contributed by atoms with Gasteiger partial charge < -0.3 is 28.8 Å². The Balaban J connectivity index is 4.44. The molecule has 0 heterocycles. The summed E-state index contributed by atoms with van der Waals surface area (Å²) in [5.74, 6) is -0.242. The van der Waals surface area contributed by atoms with Crippen molar-refractivity contribution < 1.29 is 32.9 Å². The van der Waals surface area contributed by atoms with Crippen molar-refractivity contribution in [2.24, 2.45) is 0 Å². The Morgan fingerprint density at radius 1 is 0.571 bits per heavy atom. The molecule has 1 amide bonds. The molecule has 0 aliphatic rings. The number of aliphatic hydroxyl groups excluding tert-OH is 1. The molecule has 2 N–H and O–H groups in total. The molecule has 0 rings (SSSR count). The van der Waals surface area contributed by atoms with Crippen molar-refractivity contribution in [2.45, 2.75) is 212 Å². The quantitative estimate of drug-likeness (QED) is 0.0273. The fraction of sp³-hybridized carbons (Fsp3) is 0.722. The lowest BCUT2D eigenvalue weighted by atomic mass is 10.0. The summed E-state index contributed by atoms with van der Waals surface area (Å²) in [5.41, 5.74) is 0. The smallest absolute Gasteiger partial charge is 0.268 e. The Bertz CT molecular complexity index is 1300. The Morgan fingerprint density at radius 2 is 0.968 bits per heavy atom. The number of carbonyl (C=O) groups is 1. The monoisotopic (exact) mass is 901 g/mol. The standard InChI is InChI=1S/C54H97N2O6P/c1-6-8-10-12-14-16-18-20-22-24-26-28-30-32-34-36-38-40-42-44-46-48-54(58)55-52(51-62-63(59,60)61-50-49-56(3,4)5)53(57)47-45-43-41-39-37-35-33-31-29-27-25-23-21-19-17-15-13-11-9-7-2/h8,10,14,16,20,22,26,28,32,34,38,40,45,47,52-53,57H,6-7,9,11-13,15,17-19,21,23-25,27,29-31,33,35-37,39,41-44,46,48-51H2,1-5H3,(H-,55,58,59,60)/b10-8-,16-14-,22-20-,28-26-,34-32-,40-38-,47-45+. The number of aliphatic hydroxyl groups is 1. The van der Waals surface area contributed by atoms with E-state index in [2.05, 4.69) is 92.1 Å². The van der Waals surface area contributed by atoms with E-state index in [0.717, 1.165) is 70.6 Å². The Kier molecular flexibility index (Phi) is 43.2. The van der Waals surface area contributed by atoms with Gasteiger partial charge in [-0.1, -0.05) is 208 Å². The van der Waals surface area contributed by atoms with Crippen LogP contribution in [0.1, 0.15) is 200 Å². The van der Waals surface area contributed by atoms with Crippen LogP contribution in [-0.2, 0) is 18.4 Å². The van der Waals surface area contributed by atoms with E-state index in [1.54, 1.807) is 6.08 Å². The van der Waals surface area contributed by atoms with E-state index in [4.69, 9.17) is 9.05 Å². The lowest BCUT2D eigenvalue weighted by Gasteiger charge is -2.29. The first-order chi connectivity index (χ1) is 30.5. The number of phosphoric acid groups is 1. The molecule has 0 aromatic carbocycles. The summed E-state index contributed by atoms with van der Waals surface area (Å²) >= 11 is 0. The maximum Gasteiger partial charge on any atom is 0.268 e. The molecule has 0 fully saturated rings. The predicted octanol–water partition coefficient (Wildman–Crippen LogP) is 14.3. The lowest BCUT2D eigenvalue weighted by Crippen LogP contribution is -2.45. The number of allylic oxidation sites excluding steroid dienone is 13. The van der Waals surface area contributed by atoms with E-state index >= 15 is 0 Å². The third kappa shape index (κ3) is 47.5. The van der Waals surface area contributed by atoms with Crippen molar-refractivity contribution in [2.75, 3.05) is 40.9 Å². The van der Waals surface area contributed by atoms with Gasteiger partial charge in [-0.2, -0.15) is 0 Å². The van der Waals surface area contributed by atoms with Crippen LogP contribution in [0.25, 0.3) is 0 Å². The van der Waals surface area contributed by atoms with Gasteiger partial charge in [0.1, 0.15) is 13.2 Å². The summed E-state index contributed by atoms with van der Waals surface area (Å²) in [6.45, 7) is 4.50. The van der Waals surface area contributed by atoms with Gasteiger partial charge in [0.05, 0.1) is 39.9 Å². The molecular weight excluding hydrogens is 804 g/mol. The van der Waals surface area contributed by atoms with Gasteiger partial charge in [-0.25, -0.2) is 0 Å². The molecule has 0 aliphatic heterocycles. The number of hydrogen-bond donors (Lipinski definition) is 2. The molecule has 63 heavy (non-hydrogen) atoms. The summed E-state index contributed by atoms with van der Waals surface area (Å²) in [4.78, 5) is 25.4. The topological polar surface area (TPSA) is 108 Å². The molecule has 0 radical (unpaired) electrons. The molecule has 0 saturated carbocycles. The average Bonchev–Trinajstić information content (AvgIpc) is 3.24. The second-order valence-corrected chi connectivity index (χ2v) is 19.6. The van der Waals surface area contributed by atoms with Crippen LogP contribution in [0.15, 0.2) is 85.1 Å². The number of unbranched alkanes of at least 4 members (excludes halogenated alkanes) is 20. The zero-order valence-electron chi connectivity index (χ0n) is 41.2. The van der Waals surface area contributed by atoms with E-state index in [1.807, 2.05) is 27.2 Å². The van der Waals surface area contributed by atoms with Crippen molar-refractivity contribution in [3.63, 3.8) is 0 Å². The van der Waals surface area contributed by atoms with Crippen LogP contribution in [0.2, 0.25) is 0 Å². The zero-order valence-corrected chi connectivity index (χ0v) is 42.1. The number of phosphoric ester groups is 1. The molecule has 0 aromatic heterocycles. The maximum absolute atomic E-state index is 12.9. The molecule has 0 aliphatic carbocycles. The summed E-state index contributed by atoms with van der Waals surface area (Å²) < 4.78 is 23.3. The normalized spacial score (nSPS) is 14.8. The van der Waals surface area contributed by atoms with Crippen molar-refractivity contribution in [1.82, 2.24) is 5.32 Å². The second-order valence-electron chi connectivity index (χ2n) is 18.1. The van der Waals surface area contributed by atoms with Crippen molar-refractivity contribution in [3.05, 3.63) is 85.1 Å². The summed E-state index contributed by atoms with van der Waals surface area (Å²) in [6.07, 6.45) is 62.1. The van der Waals surface area contributed by atoms with E-state index in [-0.39, 0.29) is 18.9 Å². The molecule has 0 spiro atoms. The molecule has 3 atom stereocenters. The fourth-order valence-electron chi connectivity index (χ4n) is 6.86. The van der Waals surface area contributed by atoms with Crippen LogP contribution >= 0.6 is 7.82 Å². The van der Waals surface area contributed by atoms with Crippen LogP contribution in [0, 0.1) is 0 Å². The predicted molar refractivity (Wildman–Crippen MR) is 270 cm³/mol. The van der Waals surface area contributed by atoms with E-state index in [9.17, 15) is 19.4 Å². The van der Waals surface area contributed by atoms with Gasteiger partial charge in [0, 0.05) is 6.42 Å². The minimum absolute atomic E-state index is 0.0140. The van der Waals surface area contributed by atoms with Gasteiger partial charge in [0.2, 0.25) is 5.91 Å². The number of nitrogens with one attached hydrogen (secondary N) is 1. The first-order valence-corrected chi connectivity index (χ1v) is 26.9. The molecule has 0 bridgehead atoms. The molecule has 0 saturated heterocycles. The van der Waals surface area contributed by atoms with Crippen LogP contribution in [0.4, 0.5) is 0 Å². The third-order valence-electron chi connectivity index (χ3n) is 10.9. The van der Waals surface area contributed by atoms with Crippen LogP contribution in [-0.4, -0.2) is 68.5 Å². The fourth-order valence-corrected chi connectivity index (χ4v) is 7.58. The number of carbonyl (C=O) groups excluding carboxylic acids is 1. The van der Waals surface area contributed by atoms with Crippen LogP contribution < -0.4 is 10.2 Å². The highest BCUT2D eigenvalue weighted by atomic mass is 31.2. The number of rotatable bonds is 45. The van der Waals surface area contributed by atoms with E-state index in [0.29, 0.717) is 17.4 Å². The van der Waals surface area contributed by atoms with Gasteiger partial charge in [-0.05, 0) is 70.6 Å². The zero-order chi connectivity index (χ0) is 46.4. The Labute approximate surface area is 388 Å². The van der Waals surface area contributed by atoms with Crippen molar-refractivity contribution in [3.8, 4) is 0 Å². The molecule has 364 valence electrons. The highest BCUT2D eigenvalue weighted by Gasteiger charge is 2.23. The minimum atomic E-state index is -4.61. The molecule has 3 unspecified atom stereocenters. The van der Waals surface area contributed by atoms with Gasteiger partial charge in [-0.3, -0.25) is 9.36 Å². The van der Waals surface area contributed by atoms with Gasteiger partial charge >= 0.3 is 0 Å². The Hall–Kier alpha value is -2.32. The lowest BCUT2D eigenvalue weighted by molar-refractivity contribution is -0.870. The number of amides is 1. The minimum Gasteiger partial charge on any atom is -0.756 e. The summed E-state index contributed by atoms with van der Waals surface area (Å²) in [7, 11) is 1.22. The van der Waals surface area contributed by atoms with Crippen molar-refractivity contribution >= 4 is 13.7 Å². The molecule has 0 aromatic rings. The molecule has 8 nitrogen and oxygen atoms in total. The SMILES string of the molecule is CC/C=C\C/C=C\C/C=C\C/C=C\C/C=C\C/C=C\CCCCC(=O)NC(COP(=O)([O-])OCC[N+](C)(C)C)C(O)/C=C/CCCCCCCCCCCCCCCCCCCC. The number of nitrogens with zero attached hydrogens (tertiary/aromatic N) is 1. The number of likely N-dealkylation sites (N-methyl/N-ethyl adjacent to an activating group) is 1. The number of hydrogen-bond acceptors (Lipinski definition) is 6. The first kappa shape index (κ1) is 60.7. The average molecular weight is 901 g/mol. The van der Waals surface area contributed by atoms with Crippen molar-refractivity contribution in [1.29, 1.82) is 0 Å². The second kappa shape index (κ2) is 44.9. The number of quaternary nitrogens is 1. The molecule has 9 heteroatoms. The van der Waals surface area contributed by atoms with E-state index < -0.39 is 26.6 Å². The summed E-state index contributed by atoms with van der Waals surface area (Å²) in [5, 5.41) is 13.8. The largest absolute Gasteiger partial charge is 0.756 e. The van der Waals surface area contributed by atoms with Gasteiger partial charge in [0.15, 0.2) is 0 Å². The highest BCUT2D eigenvalue weighted by Crippen LogP contribution is 2.38. The van der Waals surface area contributed by atoms with E-state index in [1.165, 1.54) is 103 Å². The van der Waals surface area contributed by atoms with Crippen LogP contribution in [0.3, 0.4) is 0 Å². The maximum atomic E-state index is 12.9. The van der Waals surface area contributed by atoms with Gasteiger partial charge in [-0.15, -0.1) is 0 Å². The highest BCUT2D eigenvalue weighted by molar-refractivity contribution is 7.45. The van der Waals surface area contributed by atoms with Gasteiger partial charge in [0.25, 0.3) is 7.82 Å².